The molecule has 0 atom stereocenters. The van der Waals surface area contributed by atoms with Gasteiger partial charge in [-0.2, -0.15) is 5.10 Å². The molecule has 1 aromatic carbocycles. The summed E-state index contributed by atoms with van der Waals surface area (Å²) in [5.41, 5.74) is 1.77. The van der Waals surface area contributed by atoms with Gasteiger partial charge >= 0.3 is 0 Å². The Kier molecular flexibility index (Phi) is 3.29. The van der Waals surface area contributed by atoms with Gasteiger partial charge in [0.1, 0.15) is 11.4 Å². The van der Waals surface area contributed by atoms with E-state index in [0.29, 0.717) is 34.0 Å². The first-order valence-electron chi connectivity index (χ1n) is 6.63. The van der Waals surface area contributed by atoms with Crippen molar-refractivity contribution in [3.63, 3.8) is 0 Å². The summed E-state index contributed by atoms with van der Waals surface area (Å²) in [7, 11) is 4.73. The predicted molar refractivity (Wildman–Crippen MR) is 79.5 cm³/mol. The predicted octanol–water partition coefficient (Wildman–Crippen LogP) is 2.04. The fourth-order valence-corrected chi connectivity index (χ4v) is 2.54. The third-order valence-electron chi connectivity index (χ3n) is 3.57. The highest BCUT2D eigenvalue weighted by molar-refractivity contribution is 6.23. The van der Waals surface area contributed by atoms with Crippen LogP contribution in [0.5, 0.6) is 11.5 Å². The average molecular weight is 298 g/mol. The second-order valence-electron chi connectivity index (χ2n) is 4.83. The number of fused-ring (bicyclic) bond motifs is 1. The lowest BCUT2D eigenvalue weighted by atomic mass is 9.96. The smallest absolute Gasteiger partial charge is 0.204 e. The summed E-state index contributed by atoms with van der Waals surface area (Å²) >= 11 is 0. The standard InChI is InChI=1S/C16H14N2O4/c1-18-16-11(20)6-5-10(19)14(16)15(17-18)9-4-7-12(21-2)13(8-9)22-3/h4-8H,1-3H3. The molecule has 1 heterocycles. The number of nitrogens with zero attached hydrogens (tertiary/aromatic N) is 2. The molecule has 0 radical (unpaired) electrons. The Morgan fingerprint density at radius 3 is 2.36 bits per heavy atom. The maximum atomic E-state index is 12.2. The van der Waals surface area contributed by atoms with Crippen molar-refractivity contribution >= 4 is 11.6 Å². The number of allylic oxidation sites excluding steroid dienone is 2. The van der Waals surface area contributed by atoms with Crippen molar-refractivity contribution in [2.75, 3.05) is 14.2 Å². The van der Waals surface area contributed by atoms with Crippen LogP contribution in [0.2, 0.25) is 0 Å². The minimum atomic E-state index is -0.229. The van der Waals surface area contributed by atoms with Gasteiger partial charge in [0.05, 0.1) is 19.8 Å². The molecule has 2 aromatic rings. The number of methoxy groups -OCH3 is 2. The number of benzene rings is 1. The zero-order chi connectivity index (χ0) is 15.9. The number of rotatable bonds is 3. The summed E-state index contributed by atoms with van der Waals surface area (Å²) in [6.07, 6.45) is 2.54. The Morgan fingerprint density at radius 2 is 1.68 bits per heavy atom. The SMILES string of the molecule is COc1ccc(-c2nn(C)c3c2C(=O)C=CC3=O)cc1OC. The Morgan fingerprint density at radius 1 is 1.00 bits per heavy atom. The highest BCUT2D eigenvalue weighted by Crippen LogP contribution is 2.35. The number of ether oxygens (including phenoxy) is 2. The monoisotopic (exact) mass is 298 g/mol. The van der Waals surface area contributed by atoms with Gasteiger partial charge in [0, 0.05) is 12.6 Å². The first-order chi connectivity index (χ1) is 10.6. The van der Waals surface area contributed by atoms with E-state index in [-0.39, 0.29) is 11.6 Å². The molecule has 0 aliphatic heterocycles. The van der Waals surface area contributed by atoms with Crippen molar-refractivity contribution < 1.29 is 19.1 Å². The van der Waals surface area contributed by atoms with Gasteiger partial charge in [0.2, 0.25) is 5.78 Å². The first kappa shape index (κ1) is 14.1. The van der Waals surface area contributed by atoms with Gasteiger partial charge in [-0.05, 0) is 30.4 Å². The maximum Gasteiger partial charge on any atom is 0.204 e. The van der Waals surface area contributed by atoms with E-state index in [9.17, 15) is 9.59 Å². The van der Waals surface area contributed by atoms with Crippen molar-refractivity contribution in [2.45, 2.75) is 0 Å². The van der Waals surface area contributed by atoms with Crippen LogP contribution in [0.25, 0.3) is 11.3 Å². The van der Waals surface area contributed by atoms with E-state index >= 15 is 0 Å². The number of aromatic nitrogens is 2. The maximum absolute atomic E-state index is 12.2. The highest BCUT2D eigenvalue weighted by atomic mass is 16.5. The highest BCUT2D eigenvalue weighted by Gasteiger charge is 2.29. The molecule has 1 aromatic heterocycles. The van der Waals surface area contributed by atoms with Gasteiger partial charge < -0.3 is 9.47 Å². The fourth-order valence-electron chi connectivity index (χ4n) is 2.54. The zero-order valence-electron chi connectivity index (χ0n) is 12.4. The lowest BCUT2D eigenvalue weighted by molar-refractivity contribution is 0.0989. The Hall–Kier alpha value is -2.89. The van der Waals surface area contributed by atoms with Gasteiger partial charge in [0.25, 0.3) is 0 Å². The number of hydrogen-bond donors (Lipinski definition) is 0. The van der Waals surface area contributed by atoms with Gasteiger partial charge in [-0.15, -0.1) is 0 Å². The molecular formula is C16H14N2O4. The minimum absolute atomic E-state index is 0.226. The largest absolute Gasteiger partial charge is 0.493 e. The lowest BCUT2D eigenvalue weighted by Gasteiger charge is -2.09. The molecule has 0 bridgehead atoms. The molecular weight excluding hydrogens is 284 g/mol. The topological polar surface area (TPSA) is 70.4 Å². The molecule has 0 saturated carbocycles. The number of ketones is 2. The van der Waals surface area contributed by atoms with Crippen LogP contribution in [0.3, 0.4) is 0 Å². The molecule has 22 heavy (non-hydrogen) atoms. The molecule has 0 N–H and O–H groups in total. The van der Waals surface area contributed by atoms with Crippen molar-refractivity contribution in [2.24, 2.45) is 7.05 Å². The number of aryl methyl sites for hydroxylation is 1. The van der Waals surface area contributed by atoms with Crippen molar-refractivity contribution in [1.82, 2.24) is 9.78 Å². The van der Waals surface area contributed by atoms with Crippen LogP contribution in [0.4, 0.5) is 0 Å². The average Bonchev–Trinajstić information content (AvgIpc) is 2.89. The van der Waals surface area contributed by atoms with E-state index in [1.807, 2.05) is 0 Å². The summed E-state index contributed by atoms with van der Waals surface area (Å²) in [6.45, 7) is 0. The van der Waals surface area contributed by atoms with E-state index in [2.05, 4.69) is 5.10 Å². The van der Waals surface area contributed by atoms with Crippen LogP contribution in [0.1, 0.15) is 20.8 Å². The summed E-state index contributed by atoms with van der Waals surface area (Å²) in [4.78, 5) is 24.1. The molecule has 1 aliphatic carbocycles. The summed E-state index contributed by atoms with van der Waals surface area (Å²) in [5, 5.41) is 4.33. The first-order valence-corrected chi connectivity index (χ1v) is 6.63. The fraction of sp³-hybridized carbons (Fsp3) is 0.188. The van der Waals surface area contributed by atoms with Crippen molar-refractivity contribution in [1.29, 1.82) is 0 Å². The van der Waals surface area contributed by atoms with Gasteiger partial charge in [-0.25, -0.2) is 0 Å². The second kappa shape index (κ2) is 5.14. The Labute approximate surface area is 127 Å². The Balaban J connectivity index is 2.21. The van der Waals surface area contributed by atoms with Crippen molar-refractivity contribution in [3.8, 4) is 22.8 Å². The van der Waals surface area contributed by atoms with E-state index < -0.39 is 0 Å². The van der Waals surface area contributed by atoms with Crippen LogP contribution in [-0.4, -0.2) is 35.6 Å². The van der Waals surface area contributed by atoms with Crippen LogP contribution in [0, 0.1) is 0 Å². The third-order valence-corrected chi connectivity index (χ3v) is 3.57. The molecule has 6 heteroatoms. The normalized spacial score (nSPS) is 13.2. The number of carbonyl (C=O) groups is 2. The molecule has 0 amide bonds. The van der Waals surface area contributed by atoms with E-state index in [1.54, 1.807) is 32.4 Å². The molecule has 6 nitrogen and oxygen atoms in total. The van der Waals surface area contributed by atoms with Crippen molar-refractivity contribution in [3.05, 3.63) is 41.6 Å². The van der Waals surface area contributed by atoms with E-state index in [1.165, 1.54) is 23.9 Å². The molecule has 0 fully saturated rings. The molecule has 1 aliphatic rings. The molecule has 0 spiro atoms. The zero-order valence-corrected chi connectivity index (χ0v) is 12.4. The third kappa shape index (κ3) is 2.00. The molecule has 112 valence electrons. The van der Waals surface area contributed by atoms with Gasteiger partial charge in [-0.1, -0.05) is 0 Å². The lowest BCUT2D eigenvalue weighted by Crippen LogP contribution is -2.14. The minimum Gasteiger partial charge on any atom is -0.493 e. The summed E-state index contributed by atoms with van der Waals surface area (Å²) in [6, 6.07) is 5.25. The summed E-state index contributed by atoms with van der Waals surface area (Å²) < 4.78 is 11.9. The Bertz CT molecular complexity index is 818. The van der Waals surface area contributed by atoms with Crippen LogP contribution in [0.15, 0.2) is 30.4 Å². The molecule has 3 rings (SSSR count). The van der Waals surface area contributed by atoms with Crippen LogP contribution < -0.4 is 9.47 Å². The molecule has 0 unspecified atom stereocenters. The van der Waals surface area contributed by atoms with Crippen LogP contribution >= 0.6 is 0 Å². The summed E-state index contributed by atoms with van der Waals surface area (Å²) in [5.74, 6) is 0.659. The molecule has 0 saturated heterocycles. The second-order valence-corrected chi connectivity index (χ2v) is 4.83. The van der Waals surface area contributed by atoms with E-state index in [4.69, 9.17) is 9.47 Å². The number of carbonyl (C=O) groups excluding carboxylic acids is 2. The van der Waals surface area contributed by atoms with Gasteiger partial charge in [0.15, 0.2) is 17.3 Å². The quantitative estimate of drug-likeness (QED) is 0.867. The van der Waals surface area contributed by atoms with Crippen LogP contribution in [-0.2, 0) is 7.05 Å². The number of hydrogen-bond acceptors (Lipinski definition) is 5. The van der Waals surface area contributed by atoms with E-state index in [0.717, 1.165) is 0 Å². The van der Waals surface area contributed by atoms with Gasteiger partial charge in [-0.3, -0.25) is 14.3 Å².